The molecule has 1 aromatic rings. The zero-order chi connectivity index (χ0) is 18.1. The lowest BCUT2D eigenvalue weighted by atomic mass is 9.90. The van der Waals surface area contributed by atoms with Crippen molar-refractivity contribution in [2.45, 2.75) is 25.3 Å². The van der Waals surface area contributed by atoms with Crippen molar-refractivity contribution in [1.82, 2.24) is 9.80 Å². The van der Waals surface area contributed by atoms with Crippen LogP contribution in [0.2, 0.25) is 0 Å². The van der Waals surface area contributed by atoms with Crippen LogP contribution in [-0.4, -0.2) is 52.8 Å². The lowest BCUT2D eigenvalue weighted by Gasteiger charge is -2.34. The normalized spacial score (nSPS) is 24.6. The molecule has 2 aliphatic heterocycles. The van der Waals surface area contributed by atoms with E-state index in [0.29, 0.717) is 25.9 Å². The molecule has 134 valence electrons. The first-order chi connectivity index (χ1) is 11.9. The van der Waals surface area contributed by atoms with E-state index in [1.807, 2.05) is 0 Å². The number of nitrogens with zero attached hydrogens (tertiary/aromatic N) is 2. The minimum absolute atomic E-state index is 0.118. The van der Waals surface area contributed by atoms with E-state index in [4.69, 9.17) is 5.11 Å². The number of hydrogen-bond donors (Lipinski definition) is 1. The van der Waals surface area contributed by atoms with Crippen molar-refractivity contribution in [2.24, 2.45) is 11.8 Å². The minimum atomic E-state index is -0.827. The van der Waals surface area contributed by atoms with Gasteiger partial charge in [0.1, 0.15) is 5.82 Å². The Morgan fingerprint density at radius 2 is 1.76 bits per heavy atom. The third-order valence-electron chi connectivity index (χ3n) is 5.27. The van der Waals surface area contributed by atoms with Crippen molar-refractivity contribution in [3.63, 3.8) is 0 Å². The second kappa shape index (κ2) is 6.82. The van der Waals surface area contributed by atoms with Crippen LogP contribution in [-0.2, 0) is 14.4 Å². The van der Waals surface area contributed by atoms with Gasteiger partial charge in [-0.25, -0.2) is 4.39 Å². The van der Waals surface area contributed by atoms with Gasteiger partial charge in [-0.2, -0.15) is 0 Å². The molecule has 2 amide bonds. The molecule has 0 radical (unpaired) electrons. The molecule has 2 aliphatic rings. The number of carboxylic acid groups (broad SMARTS) is 1. The molecule has 2 heterocycles. The minimum Gasteiger partial charge on any atom is -0.481 e. The topological polar surface area (TPSA) is 77.9 Å². The summed E-state index contributed by atoms with van der Waals surface area (Å²) in [6.45, 7) is 0.778. The van der Waals surface area contributed by atoms with Crippen molar-refractivity contribution in [3.8, 4) is 0 Å². The number of rotatable bonds is 3. The summed E-state index contributed by atoms with van der Waals surface area (Å²) in [6.07, 6.45) is 0.980. The van der Waals surface area contributed by atoms with Crippen LogP contribution in [0.25, 0.3) is 0 Å². The molecule has 1 N–H and O–H groups in total. The number of carboxylic acids is 1. The number of benzene rings is 1. The molecule has 0 spiro atoms. The fraction of sp³-hybridized carbons (Fsp3) is 0.500. The van der Waals surface area contributed by atoms with Crippen molar-refractivity contribution in [1.29, 1.82) is 0 Å². The highest BCUT2D eigenvalue weighted by Crippen LogP contribution is 2.38. The molecule has 7 heteroatoms. The Bertz CT molecular complexity index is 683. The van der Waals surface area contributed by atoms with Crippen LogP contribution in [0, 0.1) is 17.7 Å². The van der Waals surface area contributed by atoms with Crippen LogP contribution >= 0.6 is 0 Å². The average Bonchev–Trinajstić information content (AvgIpc) is 2.90. The Balaban J connectivity index is 1.77. The first-order valence-corrected chi connectivity index (χ1v) is 8.41. The third-order valence-corrected chi connectivity index (χ3v) is 5.27. The number of halogens is 1. The summed E-state index contributed by atoms with van der Waals surface area (Å²) in [5, 5.41) is 9.07. The maximum absolute atomic E-state index is 13.2. The largest absolute Gasteiger partial charge is 0.481 e. The van der Waals surface area contributed by atoms with Crippen LogP contribution in [0.3, 0.4) is 0 Å². The first-order valence-electron chi connectivity index (χ1n) is 8.41. The van der Waals surface area contributed by atoms with E-state index in [1.165, 1.54) is 12.1 Å². The van der Waals surface area contributed by atoms with Gasteiger partial charge in [-0.15, -0.1) is 0 Å². The first kappa shape index (κ1) is 17.4. The summed E-state index contributed by atoms with van der Waals surface area (Å²) in [5.41, 5.74) is 0.730. The van der Waals surface area contributed by atoms with Crippen LogP contribution in [0.4, 0.5) is 4.39 Å². The van der Waals surface area contributed by atoms with Gasteiger partial charge in [-0.1, -0.05) is 12.1 Å². The van der Waals surface area contributed by atoms with Gasteiger partial charge in [0.25, 0.3) is 0 Å². The van der Waals surface area contributed by atoms with Gasteiger partial charge in [0.2, 0.25) is 11.8 Å². The zero-order valence-corrected chi connectivity index (χ0v) is 14.0. The van der Waals surface area contributed by atoms with E-state index in [0.717, 1.165) is 5.56 Å². The van der Waals surface area contributed by atoms with Crippen LogP contribution in [0.5, 0.6) is 0 Å². The fourth-order valence-corrected chi connectivity index (χ4v) is 3.79. The highest BCUT2D eigenvalue weighted by atomic mass is 19.1. The molecule has 2 atom stereocenters. The van der Waals surface area contributed by atoms with Crippen molar-refractivity contribution in [3.05, 3.63) is 35.6 Å². The van der Waals surface area contributed by atoms with Crippen molar-refractivity contribution in [2.75, 3.05) is 20.1 Å². The Hall–Kier alpha value is -2.44. The van der Waals surface area contributed by atoms with E-state index >= 15 is 0 Å². The molecule has 3 rings (SSSR count). The number of hydrogen-bond acceptors (Lipinski definition) is 3. The number of piperidine rings is 1. The molecule has 6 nitrogen and oxygen atoms in total. The SMILES string of the molecule is CN1C(=O)CC(C(=O)N2CCC(C(=O)O)CC2)C1c1ccc(F)cc1. The summed E-state index contributed by atoms with van der Waals surface area (Å²) >= 11 is 0. The summed E-state index contributed by atoms with van der Waals surface area (Å²) < 4.78 is 13.2. The Kier molecular flexibility index (Phi) is 4.74. The smallest absolute Gasteiger partial charge is 0.306 e. The van der Waals surface area contributed by atoms with E-state index in [1.54, 1.807) is 29.0 Å². The third kappa shape index (κ3) is 3.36. The van der Waals surface area contributed by atoms with Gasteiger partial charge in [0.15, 0.2) is 0 Å². The van der Waals surface area contributed by atoms with Gasteiger partial charge >= 0.3 is 5.97 Å². The molecule has 1 aromatic carbocycles. The highest BCUT2D eigenvalue weighted by Gasteiger charge is 2.44. The number of carbonyl (C=O) groups excluding carboxylic acids is 2. The second-order valence-corrected chi connectivity index (χ2v) is 6.75. The van der Waals surface area contributed by atoms with Gasteiger partial charge in [-0.3, -0.25) is 14.4 Å². The molecular formula is C18H21FN2O4. The van der Waals surface area contributed by atoms with E-state index < -0.39 is 23.8 Å². The van der Waals surface area contributed by atoms with Crippen LogP contribution in [0.15, 0.2) is 24.3 Å². The molecule has 25 heavy (non-hydrogen) atoms. The quantitative estimate of drug-likeness (QED) is 0.901. The lowest BCUT2D eigenvalue weighted by Crippen LogP contribution is -2.44. The summed E-state index contributed by atoms with van der Waals surface area (Å²) in [5.74, 6) is -2.38. The maximum Gasteiger partial charge on any atom is 0.306 e. The zero-order valence-electron chi connectivity index (χ0n) is 14.0. The van der Waals surface area contributed by atoms with Crippen LogP contribution in [0.1, 0.15) is 30.9 Å². The Morgan fingerprint density at radius 3 is 2.32 bits per heavy atom. The average molecular weight is 348 g/mol. The molecule has 0 bridgehead atoms. The second-order valence-electron chi connectivity index (χ2n) is 6.75. The monoisotopic (exact) mass is 348 g/mol. The Morgan fingerprint density at radius 1 is 1.16 bits per heavy atom. The molecule has 2 unspecified atom stereocenters. The summed E-state index contributed by atoms with van der Waals surface area (Å²) in [6, 6.07) is 5.44. The molecule has 2 fully saturated rings. The van der Waals surface area contributed by atoms with Gasteiger partial charge in [-0.05, 0) is 30.5 Å². The Labute approximate surface area is 145 Å². The molecular weight excluding hydrogens is 327 g/mol. The molecule has 0 aromatic heterocycles. The molecule has 0 saturated carbocycles. The van der Waals surface area contributed by atoms with E-state index in [2.05, 4.69) is 0 Å². The van der Waals surface area contributed by atoms with Gasteiger partial charge < -0.3 is 14.9 Å². The van der Waals surface area contributed by atoms with E-state index in [9.17, 15) is 18.8 Å². The highest BCUT2D eigenvalue weighted by molar-refractivity contribution is 5.90. The predicted octanol–water partition coefficient (Wildman–Crippen LogP) is 1.67. The summed E-state index contributed by atoms with van der Waals surface area (Å²) in [7, 11) is 1.65. The molecule has 2 saturated heterocycles. The number of carbonyl (C=O) groups is 3. The predicted molar refractivity (Wildman–Crippen MR) is 87.0 cm³/mol. The van der Waals surface area contributed by atoms with Gasteiger partial charge in [0.05, 0.1) is 17.9 Å². The lowest BCUT2D eigenvalue weighted by molar-refractivity contribution is -0.147. The van der Waals surface area contributed by atoms with Crippen molar-refractivity contribution >= 4 is 17.8 Å². The van der Waals surface area contributed by atoms with E-state index in [-0.39, 0.29) is 24.1 Å². The molecule has 0 aliphatic carbocycles. The number of likely N-dealkylation sites (tertiary alicyclic amines) is 2. The van der Waals surface area contributed by atoms with Gasteiger partial charge in [0, 0.05) is 26.6 Å². The van der Waals surface area contributed by atoms with Crippen LogP contribution < -0.4 is 0 Å². The maximum atomic E-state index is 13.2. The number of aliphatic carboxylic acids is 1. The standard InChI is InChI=1S/C18H21FN2O4/c1-20-15(22)10-14(16(20)11-2-4-13(19)5-3-11)17(23)21-8-6-12(7-9-21)18(24)25/h2-5,12,14,16H,6-10H2,1H3,(H,24,25). The number of amides is 2. The summed E-state index contributed by atoms with van der Waals surface area (Å²) in [4.78, 5) is 39.4. The fourth-order valence-electron chi connectivity index (χ4n) is 3.79. The van der Waals surface area contributed by atoms with Crippen molar-refractivity contribution < 1.29 is 23.9 Å².